The molecule has 0 unspecified atom stereocenters. The lowest BCUT2D eigenvalue weighted by atomic mass is 9.81. The lowest BCUT2D eigenvalue weighted by molar-refractivity contribution is -0.149. The van der Waals surface area contributed by atoms with Crippen molar-refractivity contribution in [3.05, 3.63) is 28.2 Å². The molecule has 3 rings (SSSR count). The van der Waals surface area contributed by atoms with Crippen molar-refractivity contribution in [1.82, 2.24) is 4.90 Å². The fourth-order valence-corrected chi connectivity index (χ4v) is 4.18. The molecule has 0 radical (unpaired) electrons. The van der Waals surface area contributed by atoms with Gasteiger partial charge in [0, 0.05) is 13.1 Å². The average molecular weight is 358 g/mol. The van der Waals surface area contributed by atoms with Crippen molar-refractivity contribution < 1.29 is 19.4 Å². The Hall–Kier alpha value is -1.46. The number of likely N-dealkylation sites (tertiary alicyclic amines) is 1. The molecule has 1 saturated heterocycles. The van der Waals surface area contributed by atoms with E-state index in [1.807, 2.05) is 0 Å². The molecule has 2 aliphatic rings. The van der Waals surface area contributed by atoms with Gasteiger partial charge in [-0.2, -0.15) is 0 Å². The zero-order chi connectivity index (χ0) is 16.6. The lowest BCUT2D eigenvalue weighted by Crippen LogP contribution is -2.38. The quantitative estimate of drug-likeness (QED) is 0.898. The molecule has 2 fully saturated rings. The molecular formula is C16H17Cl2NO4. The molecule has 0 spiro atoms. The molecule has 1 aromatic rings. The predicted octanol–water partition coefficient (Wildman–Crippen LogP) is 3.09. The molecule has 0 aromatic heterocycles. The topological polar surface area (TPSA) is 66.8 Å². The number of nitrogens with zero attached hydrogens (tertiary/aromatic N) is 1. The molecule has 1 aliphatic heterocycles. The highest BCUT2D eigenvalue weighted by molar-refractivity contribution is 6.37. The maximum Gasteiger partial charge on any atom is 0.311 e. The molecular weight excluding hydrogens is 341 g/mol. The van der Waals surface area contributed by atoms with E-state index in [2.05, 4.69) is 0 Å². The predicted molar refractivity (Wildman–Crippen MR) is 85.9 cm³/mol. The van der Waals surface area contributed by atoms with Crippen molar-refractivity contribution in [2.75, 3.05) is 19.7 Å². The van der Waals surface area contributed by atoms with Gasteiger partial charge in [0.25, 0.3) is 5.91 Å². The van der Waals surface area contributed by atoms with E-state index in [1.165, 1.54) is 0 Å². The van der Waals surface area contributed by atoms with Crippen LogP contribution in [0.25, 0.3) is 0 Å². The number of fused-ring (bicyclic) bond motifs is 1. The van der Waals surface area contributed by atoms with Crippen molar-refractivity contribution in [3.8, 4) is 5.75 Å². The molecule has 124 valence electrons. The Bertz CT molecular complexity index is 631. The van der Waals surface area contributed by atoms with Crippen LogP contribution in [0.4, 0.5) is 0 Å². The van der Waals surface area contributed by atoms with E-state index in [0.717, 1.165) is 12.8 Å². The number of hydrogen-bond acceptors (Lipinski definition) is 3. The standard InChI is InChI=1S/C16H17Cl2NO4/c17-11-4-1-5-12(18)14(11)23-8-13(20)19-7-10-3-2-6-16(10,9-19)15(21)22/h1,4-5,10H,2-3,6-9H2,(H,21,22)/t10-,16+/m0/s1. The highest BCUT2D eigenvalue weighted by atomic mass is 35.5. The first-order chi connectivity index (χ1) is 10.9. The summed E-state index contributed by atoms with van der Waals surface area (Å²) in [5.74, 6) is -0.731. The van der Waals surface area contributed by atoms with Gasteiger partial charge in [-0.15, -0.1) is 0 Å². The molecule has 23 heavy (non-hydrogen) atoms. The number of amides is 1. The Morgan fingerprint density at radius 1 is 1.35 bits per heavy atom. The van der Waals surface area contributed by atoms with E-state index < -0.39 is 11.4 Å². The summed E-state index contributed by atoms with van der Waals surface area (Å²) >= 11 is 12.0. The number of carboxylic acid groups (broad SMARTS) is 1. The van der Waals surface area contributed by atoms with Gasteiger partial charge in [-0.1, -0.05) is 35.7 Å². The number of rotatable bonds is 4. The van der Waals surface area contributed by atoms with Crippen molar-refractivity contribution in [2.24, 2.45) is 11.3 Å². The van der Waals surface area contributed by atoms with Gasteiger partial charge in [0.05, 0.1) is 15.5 Å². The number of carbonyl (C=O) groups is 2. The first-order valence-corrected chi connectivity index (χ1v) is 8.27. The average Bonchev–Trinajstić information content (AvgIpc) is 3.04. The summed E-state index contributed by atoms with van der Waals surface area (Å²) in [6, 6.07) is 4.96. The van der Waals surface area contributed by atoms with Gasteiger partial charge in [0.1, 0.15) is 0 Å². The number of carboxylic acids is 1. The maximum absolute atomic E-state index is 12.4. The fourth-order valence-electron chi connectivity index (χ4n) is 3.67. The van der Waals surface area contributed by atoms with E-state index in [0.29, 0.717) is 23.0 Å². The molecule has 1 aliphatic carbocycles. The van der Waals surface area contributed by atoms with E-state index >= 15 is 0 Å². The van der Waals surface area contributed by atoms with Gasteiger partial charge >= 0.3 is 5.97 Å². The highest BCUT2D eigenvalue weighted by Crippen LogP contribution is 2.48. The second-order valence-electron chi connectivity index (χ2n) is 6.16. The van der Waals surface area contributed by atoms with Crippen LogP contribution in [0.15, 0.2) is 18.2 Å². The third kappa shape index (κ3) is 2.88. The Labute approximate surface area is 144 Å². The number of hydrogen-bond donors (Lipinski definition) is 1. The largest absolute Gasteiger partial charge is 0.481 e. The number of ether oxygens (including phenoxy) is 1. The van der Waals surface area contributed by atoms with E-state index in [9.17, 15) is 14.7 Å². The summed E-state index contributed by atoms with van der Waals surface area (Å²) in [5.41, 5.74) is -0.780. The number of halogens is 2. The first-order valence-electron chi connectivity index (χ1n) is 7.52. The lowest BCUT2D eigenvalue weighted by Gasteiger charge is -2.23. The second-order valence-corrected chi connectivity index (χ2v) is 6.98. The van der Waals surface area contributed by atoms with Gasteiger partial charge in [-0.25, -0.2) is 0 Å². The van der Waals surface area contributed by atoms with Gasteiger partial charge in [0.15, 0.2) is 12.4 Å². The van der Waals surface area contributed by atoms with Crippen LogP contribution < -0.4 is 4.74 Å². The molecule has 2 atom stereocenters. The normalized spacial score (nSPS) is 26.2. The molecule has 1 N–H and O–H groups in total. The molecule has 1 heterocycles. The van der Waals surface area contributed by atoms with Crippen molar-refractivity contribution in [2.45, 2.75) is 19.3 Å². The van der Waals surface area contributed by atoms with Crippen molar-refractivity contribution >= 4 is 35.1 Å². The summed E-state index contributed by atoms with van der Waals surface area (Å²) < 4.78 is 5.45. The van der Waals surface area contributed by atoms with Crippen LogP contribution in [0.5, 0.6) is 5.75 Å². The molecule has 0 bridgehead atoms. The zero-order valence-electron chi connectivity index (χ0n) is 12.4. The smallest absolute Gasteiger partial charge is 0.311 e. The van der Waals surface area contributed by atoms with Crippen LogP contribution in [0.2, 0.25) is 10.0 Å². The molecule has 5 nitrogen and oxygen atoms in total. The zero-order valence-corrected chi connectivity index (χ0v) is 13.9. The van der Waals surface area contributed by atoms with Gasteiger partial charge in [0.2, 0.25) is 0 Å². The maximum atomic E-state index is 12.4. The van der Waals surface area contributed by atoms with Crippen LogP contribution in [-0.2, 0) is 9.59 Å². The van der Waals surface area contributed by atoms with Gasteiger partial charge in [-0.05, 0) is 30.9 Å². The highest BCUT2D eigenvalue weighted by Gasteiger charge is 2.55. The molecule has 1 saturated carbocycles. The van der Waals surface area contributed by atoms with Crippen LogP contribution in [-0.4, -0.2) is 41.6 Å². The van der Waals surface area contributed by atoms with Crippen molar-refractivity contribution in [1.29, 1.82) is 0 Å². The van der Waals surface area contributed by atoms with Gasteiger partial charge < -0.3 is 14.7 Å². The molecule has 1 aromatic carbocycles. The number of carbonyl (C=O) groups excluding carboxylic acids is 1. The van der Waals surface area contributed by atoms with Crippen LogP contribution >= 0.6 is 23.2 Å². The number of aliphatic carboxylic acids is 1. The van der Waals surface area contributed by atoms with Crippen LogP contribution in [0, 0.1) is 11.3 Å². The fraction of sp³-hybridized carbons (Fsp3) is 0.500. The van der Waals surface area contributed by atoms with Gasteiger partial charge in [-0.3, -0.25) is 9.59 Å². The molecule has 7 heteroatoms. The molecule has 1 amide bonds. The van der Waals surface area contributed by atoms with E-state index in [-0.39, 0.29) is 30.7 Å². The monoisotopic (exact) mass is 357 g/mol. The third-order valence-electron chi connectivity index (χ3n) is 4.91. The Morgan fingerprint density at radius 3 is 2.65 bits per heavy atom. The first kappa shape index (κ1) is 16.4. The minimum absolute atomic E-state index is 0.0350. The summed E-state index contributed by atoms with van der Waals surface area (Å²) in [5, 5.41) is 10.2. The summed E-state index contributed by atoms with van der Waals surface area (Å²) in [6.07, 6.45) is 2.39. The number of benzene rings is 1. The Balaban J connectivity index is 1.65. The SMILES string of the molecule is O=C(COc1c(Cl)cccc1Cl)N1C[C@@H]2CCC[C@@]2(C(=O)O)C1. The third-order valence-corrected chi connectivity index (χ3v) is 5.50. The summed E-state index contributed by atoms with van der Waals surface area (Å²) in [7, 11) is 0. The van der Waals surface area contributed by atoms with Crippen LogP contribution in [0.1, 0.15) is 19.3 Å². The van der Waals surface area contributed by atoms with E-state index in [1.54, 1.807) is 23.1 Å². The number of para-hydroxylation sites is 1. The summed E-state index contributed by atoms with van der Waals surface area (Å²) in [4.78, 5) is 25.6. The summed E-state index contributed by atoms with van der Waals surface area (Å²) in [6.45, 7) is 0.530. The minimum Gasteiger partial charge on any atom is -0.481 e. The second kappa shape index (κ2) is 6.21. The van der Waals surface area contributed by atoms with E-state index in [4.69, 9.17) is 27.9 Å². The minimum atomic E-state index is -0.801. The van der Waals surface area contributed by atoms with Crippen LogP contribution in [0.3, 0.4) is 0 Å². The Morgan fingerprint density at radius 2 is 2.04 bits per heavy atom. The van der Waals surface area contributed by atoms with Crippen molar-refractivity contribution in [3.63, 3.8) is 0 Å². The Kier molecular flexibility index (Phi) is 4.43.